The molecule has 206 valence electrons. The predicted molar refractivity (Wildman–Crippen MR) is 148 cm³/mol. The maximum atomic E-state index is 12.3. The number of hydrogen-bond donors (Lipinski definition) is 2. The van der Waals surface area contributed by atoms with E-state index in [1.807, 2.05) is 33.2 Å². The molecule has 3 aromatic rings. The molecule has 0 spiro atoms. The minimum atomic E-state index is -0.600. The Hall–Kier alpha value is -3.79. The summed E-state index contributed by atoms with van der Waals surface area (Å²) in [6.07, 6.45) is 9.32. The second kappa shape index (κ2) is 10.4. The Labute approximate surface area is 228 Å². The van der Waals surface area contributed by atoms with E-state index in [1.54, 1.807) is 23.2 Å². The lowest BCUT2D eigenvalue weighted by atomic mass is 9.92. The van der Waals surface area contributed by atoms with Crippen LogP contribution in [0.15, 0.2) is 30.6 Å². The molecule has 5 heterocycles. The standard InChI is InChI=1S/C26H30N6O4.C3H6/c1-25(2)9-20-16(24(34)36-25)6-7-21(30-20)31-22-8-17-18(10-28-22)23(35-15-12-32(13-15)14-33)29-11-19(17)26(3,4)27-5;1-2-3-1/h6-8,10-11,14-15,27H,9,12-13H2,1-5H3,(H,28,30,31);1-3H2. The molecule has 39 heavy (non-hydrogen) atoms. The van der Waals surface area contributed by atoms with Crippen molar-refractivity contribution in [3.05, 3.63) is 47.4 Å². The lowest BCUT2D eigenvalue weighted by molar-refractivity contribution is -0.126. The lowest BCUT2D eigenvalue weighted by Gasteiger charge is -2.36. The minimum Gasteiger partial charge on any atom is -0.470 e. The lowest BCUT2D eigenvalue weighted by Crippen LogP contribution is -2.52. The summed E-state index contributed by atoms with van der Waals surface area (Å²) in [5, 5.41) is 8.34. The van der Waals surface area contributed by atoms with E-state index < -0.39 is 5.60 Å². The molecule has 0 aromatic carbocycles. The van der Waals surface area contributed by atoms with Crippen molar-refractivity contribution >= 4 is 34.8 Å². The van der Waals surface area contributed by atoms with Crippen molar-refractivity contribution in [2.24, 2.45) is 0 Å². The largest absolute Gasteiger partial charge is 0.470 e. The van der Waals surface area contributed by atoms with E-state index in [2.05, 4.69) is 39.4 Å². The van der Waals surface area contributed by atoms with Gasteiger partial charge in [0.2, 0.25) is 12.3 Å². The zero-order valence-corrected chi connectivity index (χ0v) is 23.2. The highest BCUT2D eigenvalue weighted by Crippen LogP contribution is 2.35. The van der Waals surface area contributed by atoms with Gasteiger partial charge >= 0.3 is 5.97 Å². The average molecular weight is 533 g/mol. The van der Waals surface area contributed by atoms with Crippen molar-refractivity contribution in [3.8, 4) is 5.88 Å². The fraction of sp³-hybridized carbons (Fsp3) is 0.483. The average Bonchev–Trinajstić information content (AvgIpc) is 3.74. The van der Waals surface area contributed by atoms with E-state index in [4.69, 9.17) is 9.47 Å². The molecule has 1 aliphatic carbocycles. The molecule has 0 bridgehead atoms. The van der Waals surface area contributed by atoms with Gasteiger partial charge in [-0.25, -0.2) is 19.7 Å². The number of rotatable bonds is 7. The quantitative estimate of drug-likeness (QED) is 0.342. The predicted octanol–water partition coefficient (Wildman–Crippen LogP) is 4.10. The molecule has 2 aliphatic heterocycles. The first-order chi connectivity index (χ1) is 18.6. The Kier molecular flexibility index (Phi) is 7.15. The monoisotopic (exact) mass is 532 g/mol. The van der Waals surface area contributed by atoms with Crippen molar-refractivity contribution in [3.63, 3.8) is 0 Å². The Morgan fingerprint density at radius 2 is 1.85 bits per heavy atom. The molecule has 10 nitrogen and oxygen atoms in total. The molecule has 1 saturated heterocycles. The zero-order valence-electron chi connectivity index (χ0n) is 23.2. The van der Waals surface area contributed by atoms with Crippen molar-refractivity contribution in [2.75, 3.05) is 25.5 Å². The highest BCUT2D eigenvalue weighted by molar-refractivity contribution is 5.93. The van der Waals surface area contributed by atoms with Crippen LogP contribution in [-0.2, 0) is 21.5 Å². The summed E-state index contributed by atoms with van der Waals surface area (Å²) in [5.74, 6) is 1.33. The fourth-order valence-electron chi connectivity index (χ4n) is 4.46. The number of anilines is 2. The number of carbonyl (C=O) groups excluding carboxylic acids is 2. The van der Waals surface area contributed by atoms with Gasteiger partial charge in [0.1, 0.15) is 23.3 Å². The third-order valence-corrected chi connectivity index (χ3v) is 7.10. The summed E-state index contributed by atoms with van der Waals surface area (Å²) in [6.45, 7) is 8.99. The van der Waals surface area contributed by atoms with Crippen LogP contribution in [-0.4, -0.2) is 64.1 Å². The molecular weight excluding hydrogens is 496 g/mol. The third-order valence-electron chi connectivity index (χ3n) is 7.10. The van der Waals surface area contributed by atoms with Crippen LogP contribution in [0.3, 0.4) is 0 Å². The second-order valence-corrected chi connectivity index (χ2v) is 11.5. The molecule has 3 aromatic heterocycles. The first-order valence-electron chi connectivity index (χ1n) is 13.4. The van der Waals surface area contributed by atoms with E-state index >= 15 is 0 Å². The van der Waals surface area contributed by atoms with Crippen LogP contribution in [0.2, 0.25) is 0 Å². The van der Waals surface area contributed by atoms with Gasteiger partial charge in [-0.3, -0.25) is 4.79 Å². The van der Waals surface area contributed by atoms with Crippen molar-refractivity contribution in [1.82, 2.24) is 25.2 Å². The van der Waals surface area contributed by atoms with Crippen molar-refractivity contribution in [1.29, 1.82) is 0 Å². The van der Waals surface area contributed by atoms with Crippen LogP contribution >= 0.6 is 0 Å². The number of nitrogens with zero attached hydrogens (tertiary/aromatic N) is 4. The summed E-state index contributed by atoms with van der Waals surface area (Å²) in [6, 6.07) is 5.44. The Morgan fingerprint density at radius 3 is 2.51 bits per heavy atom. The summed E-state index contributed by atoms with van der Waals surface area (Å²) in [5.41, 5.74) is 1.22. The molecule has 0 unspecified atom stereocenters. The Morgan fingerprint density at radius 1 is 1.10 bits per heavy atom. The van der Waals surface area contributed by atoms with Gasteiger partial charge in [-0.15, -0.1) is 0 Å². The first kappa shape index (κ1) is 26.8. The Bertz CT molecular complexity index is 1400. The molecule has 3 aliphatic rings. The molecular formula is C29H36N6O4. The number of pyridine rings is 3. The maximum absolute atomic E-state index is 12.3. The second-order valence-electron chi connectivity index (χ2n) is 11.5. The molecule has 1 amide bonds. The molecule has 1 saturated carbocycles. The Balaban J connectivity index is 0.000000962. The number of amides is 1. The van der Waals surface area contributed by atoms with Gasteiger partial charge < -0.3 is 25.0 Å². The highest BCUT2D eigenvalue weighted by Gasteiger charge is 2.33. The number of likely N-dealkylation sites (tertiary alicyclic amines) is 1. The summed E-state index contributed by atoms with van der Waals surface area (Å²) in [7, 11) is 1.91. The number of cyclic esters (lactones) is 1. The number of hydrogen-bond acceptors (Lipinski definition) is 9. The van der Waals surface area contributed by atoms with Gasteiger partial charge in [0.15, 0.2) is 0 Å². The van der Waals surface area contributed by atoms with Gasteiger partial charge in [0.25, 0.3) is 0 Å². The molecule has 6 rings (SSSR count). The smallest absolute Gasteiger partial charge is 0.340 e. The SMILES string of the molecule is C1CC1.CNC(C)(C)c1cnc(OC2CN(C=O)C2)c2cnc(Nc3ccc4c(n3)CC(C)(C)OC4=O)cc12. The van der Waals surface area contributed by atoms with Gasteiger partial charge in [-0.2, -0.15) is 0 Å². The van der Waals surface area contributed by atoms with Gasteiger partial charge in [-0.05, 0) is 63.9 Å². The van der Waals surface area contributed by atoms with E-state index in [-0.39, 0.29) is 17.6 Å². The topological polar surface area (TPSA) is 119 Å². The summed E-state index contributed by atoms with van der Waals surface area (Å²) in [4.78, 5) is 38.7. The van der Waals surface area contributed by atoms with Crippen molar-refractivity contribution in [2.45, 2.75) is 70.6 Å². The van der Waals surface area contributed by atoms with Crippen LogP contribution in [0.25, 0.3) is 10.8 Å². The zero-order chi connectivity index (χ0) is 27.8. The van der Waals surface area contributed by atoms with Gasteiger partial charge in [0.05, 0.1) is 29.7 Å². The van der Waals surface area contributed by atoms with Gasteiger partial charge in [0, 0.05) is 24.4 Å². The van der Waals surface area contributed by atoms with Crippen LogP contribution in [0, 0.1) is 0 Å². The minimum absolute atomic E-state index is 0.0949. The number of nitrogens with one attached hydrogen (secondary N) is 2. The van der Waals surface area contributed by atoms with Gasteiger partial charge in [-0.1, -0.05) is 19.3 Å². The first-order valence-corrected chi connectivity index (χ1v) is 13.4. The third kappa shape index (κ3) is 5.95. The fourth-order valence-corrected chi connectivity index (χ4v) is 4.46. The van der Waals surface area contributed by atoms with E-state index in [1.165, 1.54) is 19.3 Å². The maximum Gasteiger partial charge on any atom is 0.340 e. The summed E-state index contributed by atoms with van der Waals surface area (Å²) < 4.78 is 11.6. The number of fused-ring (bicyclic) bond motifs is 2. The number of ether oxygens (including phenoxy) is 2. The molecule has 0 radical (unpaired) electrons. The number of esters is 1. The molecule has 2 fully saturated rings. The van der Waals surface area contributed by atoms with Crippen molar-refractivity contribution < 1.29 is 19.1 Å². The molecule has 10 heteroatoms. The normalized spacial score (nSPS) is 17.8. The molecule has 0 atom stereocenters. The van der Waals surface area contributed by atoms with Crippen LogP contribution in [0.1, 0.15) is 68.6 Å². The summed E-state index contributed by atoms with van der Waals surface area (Å²) >= 11 is 0. The highest BCUT2D eigenvalue weighted by atomic mass is 16.6. The van der Waals surface area contributed by atoms with Crippen LogP contribution in [0.4, 0.5) is 11.6 Å². The van der Waals surface area contributed by atoms with E-state index in [0.717, 1.165) is 22.7 Å². The van der Waals surface area contributed by atoms with Crippen LogP contribution in [0.5, 0.6) is 5.88 Å². The number of carbonyl (C=O) groups is 2. The molecule has 2 N–H and O–H groups in total. The van der Waals surface area contributed by atoms with Crippen LogP contribution < -0.4 is 15.4 Å². The van der Waals surface area contributed by atoms with E-state index in [9.17, 15) is 9.59 Å². The van der Waals surface area contributed by atoms with E-state index in [0.29, 0.717) is 48.3 Å². The number of aromatic nitrogens is 3.